The molecule has 112 valence electrons. The second-order valence-corrected chi connectivity index (χ2v) is 5.39. The summed E-state index contributed by atoms with van der Waals surface area (Å²) in [5.41, 5.74) is 2.91. The molecule has 4 nitrogen and oxygen atoms in total. The molecule has 0 aliphatic rings. The van der Waals surface area contributed by atoms with Gasteiger partial charge in [-0.3, -0.25) is 4.98 Å². The number of ether oxygens (including phenoxy) is 1. The summed E-state index contributed by atoms with van der Waals surface area (Å²) in [7, 11) is 0. The highest BCUT2D eigenvalue weighted by Crippen LogP contribution is 2.19. The van der Waals surface area contributed by atoms with Gasteiger partial charge in [-0.05, 0) is 36.8 Å². The summed E-state index contributed by atoms with van der Waals surface area (Å²) >= 11 is 0. The molecule has 0 amide bonds. The van der Waals surface area contributed by atoms with Crippen molar-refractivity contribution in [3.05, 3.63) is 53.3 Å². The molecular weight excluding hydrogens is 264 g/mol. The Labute approximate surface area is 125 Å². The van der Waals surface area contributed by atoms with Gasteiger partial charge in [-0.15, -0.1) is 0 Å². The van der Waals surface area contributed by atoms with E-state index < -0.39 is 0 Å². The quantitative estimate of drug-likeness (QED) is 0.856. The highest BCUT2D eigenvalue weighted by atomic mass is 16.5. The highest BCUT2D eigenvalue weighted by molar-refractivity contribution is 5.30. The van der Waals surface area contributed by atoms with Crippen molar-refractivity contribution in [3.63, 3.8) is 0 Å². The van der Waals surface area contributed by atoms with E-state index in [9.17, 15) is 5.11 Å². The minimum Gasteiger partial charge on any atom is -0.508 e. The molecule has 0 spiro atoms. The van der Waals surface area contributed by atoms with Crippen molar-refractivity contribution in [3.8, 4) is 11.5 Å². The van der Waals surface area contributed by atoms with Crippen LogP contribution in [0.1, 0.15) is 30.8 Å². The topological polar surface area (TPSA) is 54.4 Å². The van der Waals surface area contributed by atoms with Crippen molar-refractivity contribution >= 4 is 0 Å². The number of hydrogen-bond acceptors (Lipinski definition) is 4. The lowest BCUT2D eigenvalue weighted by atomic mass is 10.2. The van der Waals surface area contributed by atoms with E-state index in [1.54, 1.807) is 12.1 Å². The Kier molecular flexibility index (Phi) is 5.17. The van der Waals surface area contributed by atoms with E-state index >= 15 is 0 Å². The molecule has 0 radical (unpaired) electrons. The summed E-state index contributed by atoms with van der Waals surface area (Å²) in [6, 6.07) is 11.3. The van der Waals surface area contributed by atoms with Gasteiger partial charge in [0.25, 0.3) is 0 Å². The maximum absolute atomic E-state index is 9.28. The number of benzene rings is 1. The van der Waals surface area contributed by atoms with E-state index in [0.717, 1.165) is 22.7 Å². The smallest absolute Gasteiger partial charge is 0.142 e. The normalized spacial score (nSPS) is 10.9. The average molecular weight is 286 g/mol. The van der Waals surface area contributed by atoms with Crippen LogP contribution in [0.15, 0.2) is 36.4 Å². The van der Waals surface area contributed by atoms with Crippen molar-refractivity contribution in [1.82, 2.24) is 10.3 Å². The fourth-order valence-electron chi connectivity index (χ4n) is 1.91. The zero-order chi connectivity index (χ0) is 15.2. The Morgan fingerprint density at radius 3 is 2.52 bits per heavy atom. The third-order valence-corrected chi connectivity index (χ3v) is 3.08. The summed E-state index contributed by atoms with van der Waals surface area (Å²) in [5, 5.41) is 12.6. The van der Waals surface area contributed by atoms with E-state index in [1.165, 1.54) is 0 Å². The van der Waals surface area contributed by atoms with E-state index in [0.29, 0.717) is 19.2 Å². The Hall–Kier alpha value is -2.07. The minimum atomic E-state index is 0.262. The van der Waals surface area contributed by atoms with Crippen LogP contribution in [0, 0.1) is 6.92 Å². The second-order valence-electron chi connectivity index (χ2n) is 5.39. The third kappa shape index (κ3) is 4.76. The van der Waals surface area contributed by atoms with E-state index in [2.05, 4.69) is 24.1 Å². The molecular formula is C17H22N2O2. The van der Waals surface area contributed by atoms with Crippen LogP contribution in [0.25, 0.3) is 0 Å². The predicted octanol–water partition coefficient (Wildman–Crippen LogP) is 3.17. The fourth-order valence-corrected chi connectivity index (χ4v) is 1.91. The molecule has 0 bridgehead atoms. The summed E-state index contributed by atoms with van der Waals surface area (Å²) < 4.78 is 5.87. The lowest BCUT2D eigenvalue weighted by Crippen LogP contribution is -2.23. The number of hydrogen-bond donors (Lipinski definition) is 2. The van der Waals surface area contributed by atoms with Crippen LogP contribution < -0.4 is 10.1 Å². The first-order valence-corrected chi connectivity index (χ1v) is 7.15. The number of aryl methyl sites for hydroxylation is 1. The molecule has 1 heterocycles. The summed E-state index contributed by atoms with van der Waals surface area (Å²) in [6.07, 6.45) is 0. The van der Waals surface area contributed by atoms with Crippen molar-refractivity contribution < 1.29 is 9.84 Å². The first kappa shape index (κ1) is 15.3. The fraction of sp³-hybridized carbons (Fsp3) is 0.353. The molecule has 1 aromatic heterocycles. The van der Waals surface area contributed by atoms with Crippen LogP contribution in [0.2, 0.25) is 0 Å². The Morgan fingerprint density at radius 2 is 1.86 bits per heavy atom. The monoisotopic (exact) mass is 286 g/mol. The number of pyridine rings is 1. The number of aromatic hydroxyl groups is 1. The predicted molar refractivity (Wildman–Crippen MR) is 83.4 cm³/mol. The van der Waals surface area contributed by atoms with Gasteiger partial charge in [0.2, 0.25) is 0 Å². The van der Waals surface area contributed by atoms with Crippen LogP contribution in [-0.2, 0) is 13.2 Å². The molecule has 2 N–H and O–H groups in total. The van der Waals surface area contributed by atoms with E-state index in [1.807, 2.05) is 31.2 Å². The van der Waals surface area contributed by atoms with E-state index in [-0.39, 0.29) is 5.75 Å². The number of rotatable bonds is 6. The minimum absolute atomic E-state index is 0.262. The molecule has 0 aliphatic carbocycles. The summed E-state index contributed by atoms with van der Waals surface area (Å²) in [5.74, 6) is 1.06. The van der Waals surface area contributed by atoms with Gasteiger partial charge >= 0.3 is 0 Å². The van der Waals surface area contributed by atoms with Gasteiger partial charge in [0.15, 0.2) is 0 Å². The Balaban J connectivity index is 2.06. The Morgan fingerprint density at radius 1 is 1.14 bits per heavy atom. The van der Waals surface area contributed by atoms with Gasteiger partial charge in [0, 0.05) is 18.3 Å². The second kappa shape index (κ2) is 7.09. The molecule has 0 atom stereocenters. The maximum Gasteiger partial charge on any atom is 0.142 e. The van der Waals surface area contributed by atoms with Crippen molar-refractivity contribution in [2.75, 3.05) is 0 Å². The number of nitrogens with zero attached hydrogens (tertiary/aromatic N) is 1. The van der Waals surface area contributed by atoms with Crippen LogP contribution in [0.5, 0.6) is 11.5 Å². The number of nitrogens with one attached hydrogen (secondary N) is 1. The standard InChI is InChI=1S/C17H22N2O2/c1-12(2)18-10-16-17(9-4-13(3)19-16)21-11-14-5-7-15(20)8-6-14/h4-9,12,18,20H,10-11H2,1-3H3. The van der Waals surface area contributed by atoms with Crippen molar-refractivity contribution in [2.24, 2.45) is 0 Å². The molecule has 0 saturated heterocycles. The molecule has 1 aromatic carbocycles. The van der Waals surface area contributed by atoms with Gasteiger partial charge < -0.3 is 15.2 Å². The molecule has 2 rings (SSSR count). The SMILES string of the molecule is Cc1ccc(OCc2ccc(O)cc2)c(CNC(C)C)n1. The van der Waals surface area contributed by atoms with Crippen LogP contribution in [0.3, 0.4) is 0 Å². The lowest BCUT2D eigenvalue weighted by molar-refractivity contribution is 0.299. The van der Waals surface area contributed by atoms with Crippen LogP contribution in [-0.4, -0.2) is 16.1 Å². The number of aromatic nitrogens is 1. The summed E-state index contributed by atoms with van der Waals surface area (Å²) in [4.78, 5) is 4.54. The Bertz CT molecular complexity index is 580. The molecule has 4 heteroatoms. The van der Waals surface area contributed by atoms with Gasteiger partial charge in [0.05, 0.1) is 5.69 Å². The van der Waals surface area contributed by atoms with Crippen molar-refractivity contribution in [2.45, 2.75) is 40.0 Å². The first-order valence-electron chi connectivity index (χ1n) is 7.15. The molecule has 2 aromatic rings. The average Bonchev–Trinajstić information content (AvgIpc) is 2.45. The molecule has 0 saturated carbocycles. The summed E-state index contributed by atoms with van der Waals surface area (Å²) in [6.45, 7) is 7.33. The highest BCUT2D eigenvalue weighted by Gasteiger charge is 2.07. The molecule has 21 heavy (non-hydrogen) atoms. The van der Waals surface area contributed by atoms with Gasteiger partial charge in [-0.1, -0.05) is 26.0 Å². The number of phenols is 1. The zero-order valence-corrected chi connectivity index (χ0v) is 12.8. The van der Waals surface area contributed by atoms with Gasteiger partial charge in [-0.2, -0.15) is 0 Å². The third-order valence-electron chi connectivity index (χ3n) is 3.08. The maximum atomic E-state index is 9.28. The van der Waals surface area contributed by atoms with Crippen molar-refractivity contribution in [1.29, 1.82) is 0 Å². The molecule has 0 aliphatic heterocycles. The van der Waals surface area contributed by atoms with E-state index in [4.69, 9.17) is 4.74 Å². The largest absolute Gasteiger partial charge is 0.508 e. The van der Waals surface area contributed by atoms with Crippen LogP contribution >= 0.6 is 0 Å². The lowest BCUT2D eigenvalue weighted by Gasteiger charge is -2.13. The first-order chi connectivity index (χ1) is 10.0. The zero-order valence-electron chi connectivity index (χ0n) is 12.8. The number of phenolic OH excluding ortho intramolecular Hbond substituents is 1. The molecule has 0 fully saturated rings. The van der Waals surface area contributed by atoms with Gasteiger partial charge in [-0.25, -0.2) is 0 Å². The van der Waals surface area contributed by atoms with Crippen LogP contribution in [0.4, 0.5) is 0 Å². The van der Waals surface area contributed by atoms with Gasteiger partial charge in [0.1, 0.15) is 18.1 Å². The molecule has 0 unspecified atom stereocenters.